The van der Waals surface area contributed by atoms with Crippen LogP contribution in [0.15, 0.2) is 11.1 Å². The van der Waals surface area contributed by atoms with E-state index in [1.54, 1.807) is 0 Å². The number of hydrogen-bond donors (Lipinski definition) is 0. The normalized spacial score (nSPS) is 24.9. The van der Waals surface area contributed by atoms with Crippen molar-refractivity contribution in [3.8, 4) is 0 Å². The van der Waals surface area contributed by atoms with Gasteiger partial charge in [-0.3, -0.25) is 4.18 Å². The molecule has 0 radical (unpaired) electrons. The van der Waals surface area contributed by atoms with E-state index in [1.807, 2.05) is 13.8 Å². The summed E-state index contributed by atoms with van der Waals surface area (Å²) in [6, 6.07) is 0. The zero-order chi connectivity index (χ0) is 8.48. The van der Waals surface area contributed by atoms with Crippen molar-refractivity contribution >= 4 is 10.1 Å². The van der Waals surface area contributed by atoms with Crippen molar-refractivity contribution in [1.29, 1.82) is 0 Å². The maximum atomic E-state index is 11.0. The lowest BCUT2D eigenvalue weighted by Crippen LogP contribution is -2.09. The lowest BCUT2D eigenvalue weighted by Gasteiger charge is -1.98. The van der Waals surface area contributed by atoms with Crippen molar-refractivity contribution < 1.29 is 12.6 Å². The molecule has 0 unspecified atom stereocenters. The first kappa shape index (κ1) is 8.74. The molecular formula is C7H12O3S. The Balaban J connectivity index is 2.91. The first-order chi connectivity index (χ1) is 5.01. The fourth-order valence-corrected chi connectivity index (χ4v) is 2.16. The third-order valence-corrected chi connectivity index (χ3v) is 3.17. The summed E-state index contributed by atoms with van der Waals surface area (Å²) in [7, 11) is -3.26. The molecule has 0 bridgehead atoms. The van der Waals surface area contributed by atoms with E-state index in [2.05, 4.69) is 4.18 Å². The van der Waals surface area contributed by atoms with Crippen LogP contribution in [0.4, 0.5) is 0 Å². The maximum absolute atomic E-state index is 11.0. The van der Waals surface area contributed by atoms with E-state index in [4.69, 9.17) is 0 Å². The molecule has 64 valence electrons. The lowest BCUT2D eigenvalue weighted by molar-refractivity contribution is 0.327. The van der Waals surface area contributed by atoms with Gasteiger partial charge in [-0.15, -0.1) is 0 Å². The van der Waals surface area contributed by atoms with Crippen molar-refractivity contribution in [2.45, 2.75) is 20.3 Å². The van der Waals surface area contributed by atoms with Gasteiger partial charge in [0.05, 0.1) is 12.4 Å². The van der Waals surface area contributed by atoms with Gasteiger partial charge in [-0.25, -0.2) is 0 Å². The molecule has 0 saturated carbocycles. The Kier molecular flexibility index (Phi) is 2.34. The van der Waals surface area contributed by atoms with E-state index in [9.17, 15) is 8.42 Å². The lowest BCUT2D eigenvalue weighted by atomic mass is 10.1. The minimum absolute atomic E-state index is 0.0544. The second-order valence-corrected chi connectivity index (χ2v) is 4.47. The Morgan fingerprint density at radius 3 is 2.55 bits per heavy atom. The Bertz CT molecular complexity index is 274. The molecule has 0 aliphatic carbocycles. The first-order valence-electron chi connectivity index (χ1n) is 3.53. The van der Waals surface area contributed by atoms with Crippen molar-refractivity contribution in [3.63, 3.8) is 0 Å². The molecule has 0 atom stereocenters. The molecule has 0 saturated heterocycles. The predicted octanol–water partition coefficient (Wildman–Crippen LogP) is 1.07. The van der Waals surface area contributed by atoms with Crippen LogP contribution in [-0.2, 0) is 14.3 Å². The molecule has 0 aromatic heterocycles. The van der Waals surface area contributed by atoms with Crippen LogP contribution in [0.2, 0.25) is 0 Å². The summed E-state index contributed by atoms with van der Waals surface area (Å²) in [6.45, 7) is 4.08. The van der Waals surface area contributed by atoms with Gasteiger partial charge in [0, 0.05) is 0 Å². The molecular weight excluding hydrogens is 164 g/mol. The molecule has 1 rings (SSSR count). The van der Waals surface area contributed by atoms with Gasteiger partial charge in [-0.1, -0.05) is 11.1 Å². The van der Waals surface area contributed by atoms with E-state index in [1.165, 1.54) is 0 Å². The number of rotatable bonds is 0. The highest BCUT2D eigenvalue weighted by molar-refractivity contribution is 7.86. The van der Waals surface area contributed by atoms with Crippen LogP contribution < -0.4 is 0 Å². The van der Waals surface area contributed by atoms with Crippen LogP contribution in [-0.4, -0.2) is 20.8 Å². The molecule has 11 heavy (non-hydrogen) atoms. The van der Waals surface area contributed by atoms with Gasteiger partial charge in [-0.2, -0.15) is 8.42 Å². The van der Waals surface area contributed by atoms with Gasteiger partial charge >= 0.3 is 0 Å². The molecule has 1 aliphatic rings. The Morgan fingerprint density at radius 1 is 1.27 bits per heavy atom. The zero-order valence-electron chi connectivity index (χ0n) is 6.75. The molecule has 4 heteroatoms. The summed E-state index contributed by atoms with van der Waals surface area (Å²) in [5.74, 6) is 0.0544. The second kappa shape index (κ2) is 2.95. The third kappa shape index (κ3) is 2.31. The highest BCUT2D eigenvalue weighted by atomic mass is 32.2. The molecule has 3 nitrogen and oxygen atoms in total. The first-order valence-corrected chi connectivity index (χ1v) is 5.11. The van der Waals surface area contributed by atoms with Gasteiger partial charge < -0.3 is 0 Å². The standard InChI is InChI=1S/C7H12O3S/c1-6-3-4-10-11(8,9)5-7(6)2/h3-5H2,1-2H3. The number of hydrogen-bond acceptors (Lipinski definition) is 3. The van der Waals surface area contributed by atoms with Crippen molar-refractivity contribution in [3.05, 3.63) is 11.1 Å². The average Bonchev–Trinajstić information content (AvgIpc) is 1.93. The highest BCUT2D eigenvalue weighted by Crippen LogP contribution is 2.15. The van der Waals surface area contributed by atoms with Gasteiger partial charge in [-0.05, 0) is 20.3 Å². The molecule has 0 aromatic carbocycles. The topological polar surface area (TPSA) is 43.4 Å². The summed E-state index contributed by atoms with van der Waals surface area (Å²) in [4.78, 5) is 0. The molecule has 1 heterocycles. The largest absolute Gasteiger partial charge is 0.271 e. The fourth-order valence-electron chi connectivity index (χ4n) is 0.965. The quantitative estimate of drug-likeness (QED) is 0.409. The van der Waals surface area contributed by atoms with Gasteiger partial charge in [0.2, 0.25) is 0 Å². The Labute approximate surface area is 67.2 Å². The predicted molar refractivity (Wildman–Crippen MR) is 42.7 cm³/mol. The van der Waals surface area contributed by atoms with Crippen LogP contribution >= 0.6 is 0 Å². The Morgan fingerprint density at radius 2 is 1.91 bits per heavy atom. The summed E-state index contributed by atoms with van der Waals surface area (Å²) < 4.78 is 26.6. The summed E-state index contributed by atoms with van der Waals surface area (Å²) in [6.07, 6.45) is 0.727. The van der Waals surface area contributed by atoms with E-state index in [-0.39, 0.29) is 5.75 Å². The minimum atomic E-state index is -3.26. The molecule has 0 N–H and O–H groups in total. The van der Waals surface area contributed by atoms with Crippen LogP contribution in [0.5, 0.6) is 0 Å². The van der Waals surface area contributed by atoms with E-state index in [0.717, 1.165) is 17.6 Å². The summed E-state index contributed by atoms with van der Waals surface area (Å²) >= 11 is 0. The van der Waals surface area contributed by atoms with E-state index in [0.29, 0.717) is 6.61 Å². The SMILES string of the molecule is CC1=C(C)CS(=O)(=O)OCC1. The molecule has 0 aromatic rings. The summed E-state index contributed by atoms with van der Waals surface area (Å²) in [5.41, 5.74) is 2.05. The molecule has 0 amide bonds. The minimum Gasteiger partial charge on any atom is -0.270 e. The van der Waals surface area contributed by atoms with Crippen LogP contribution in [0.3, 0.4) is 0 Å². The van der Waals surface area contributed by atoms with E-state index < -0.39 is 10.1 Å². The molecule has 0 spiro atoms. The third-order valence-electron chi connectivity index (χ3n) is 1.86. The zero-order valence-corrected chi connectivity index (χ0v) is 7.57. The average molecular weight is 176 g/mol. The van der Waals surface area contributed by atoms with Crippen molar-refractivity contribution in [2.75, 3.05) is 12.4 Å². The van der Waals surface area contributed by atoms with Crippen molar-refractivity contribution in [2.24, 2.45) is 0 Å². The van der Waals surface area contributed by atoms with Crippen LogP contribution in [0.1, 0.15) is 20.3 Å². The van der Waals surface area contributed by atoms with Gasteiger partial charge in [0.25, 0.3) is 10.1 Å². The molecule has 0 fully saturated rings. The van der Waals surface area contributed by atoms with Crippen LogP contribution in [0, 0.1) is 0 Å². The van der Waals surface area contributed by atoms with Crippen molar-refractivity contribution in [1.82, 2.24) is 0 Å². The maximum Gasteiger partial charge on any atom is 0.271 e. The fraction of sp³-hybridized carbons (Fsp3) is 0.714. The van der Waals surface area contributed by atoms with E-state index >= 15 is 0 Å². The second-order valence-electron chi connectivity index (χ2n) is 2.83. The summed E-state index contributed by atoms with van der Waals surface area (Å²) in [5, 5.41) is 0. The molecule has 1 aliphatic heterocycles. The highest BCUT2D eigenvalue weighted by Gasteiger charge is 2.16. The monoisotopic (exact) mass is 176 g/mol. The van der Waals surface area contributed by atoms with Gasteiger partial charge in [0.15, 0.2) is 0 Å². The smallest absolute Gasteiger partial charge is 0.270 e. The van der Waals surface area contributed by atoms with Crippen LogP contribution in [0.25, 0.3) is 0 Å². The Hall–Kier alpha value is -0.350. The van der Waals surface area contributed by atoms with Gasteiger partial charge in [0.1, 0.15) is 0 Å².